The summed E-state index contributed by atoms with van der Waals surface area (Å²) in [5, 5.41) is 8.68. The van der Waals surface area contributed by atoms with Gasteiger partial charge >= 0.3 is 5.97 Å². The molecule has 2 aromatic rings. The summed E-state index contributed by atoms with van der Waals surface area (Å²) in [6.07, 6.45) is 2.26. The zero-order chi connectivity index (χ0) is 15.4. The third-order valence-electron chi connectivity index (χ3n) is 2.93. The second-order valence-corrected chi connectivity index (χ2v) is 4.72. The number of hydrogen-bond donors (Lipinski definition) is 1. The Kier molecular flexibility index (Phi) is 4.38. The van der Waals surface area contributed by atoms with Gasteiger partial charge in [-0.15, -0.1) is 0 Å². The van der Waals surface area contributed by atoms with E-state index in [0.717, 1.165) is 17.2 Å². The van der Waals surface area contributed by atoms with Crippen molar-refractivity contribution in [1.29, 1.82) is 0 Å². The highest BCUT2D eigenvalue weighted by Gasteiger charge is 2.07. The molecule has 0 saturated carbocycles. The first-order chi connectivity index (χ1) is 9.95. The highest BCUT2D eigenvalue weighted by Crippen LogP contribution is 2.29. The lowest BCUT2D eigenvalue weighted by molar-refractivity contribution is -0.131. The number of aliphatic carboxylic acids is 1. The molecule has 21 heavy (non-hydrogen) atoms. The molecule has 4 heteroatoms. The number of rotatable bonds is 4. The fraction of sp³-hybridized carbons (Fsp3) is 0.118. The van der Waals surface area contributed by atoms with E-state index >= 15 is 0 Å². The Bertz CT molecular complexity index is 705. The largest absolute Gasteiger partial charge is 0.478 e. The van der Waals surface area contributed by atoms with Gasteiger partial charge < -0.3 is 9.84 Å². The van der Waals surface area contributed by atoms with Crippen LogP contribution < -0.4 is 4.74 Å². The maximum Gasteiger partial charge on any atom is 0.328 e. The van der Waals surface area contributed by atoms with Crippen LogP contribution >= 0.6 is 0 Å². The van der Waals surface area contributed by atoms with Crippen LogP contribution in [-0.2, 0) is 4.79 Å². The van der Waals surface area contributed by atoms with Crippen LogP contribution in [0.1, 0.15) is 16.7 Å². The molecular formula is C17H15FO3. The van der Waals surface area contributed by atoms with Crippen molar-refractivity contribution in [3.8, 4) is 11.5 Å². The molecule has 0 atom stereocenters. The lowest BCUT2D eigenvalue weighted by Gasteiger charge is -2.11. The molecule has 2 aromatic carbocycles. The van der Waals surface area contributed by atoms with Crippen molar-refractivity contribution in [2.45, 2.75) is 13.8 Å². The van der Waals surface area contributed by atoms with Crippen LogP contribution in [0.4, 0.5) is 4.39 Å². The average Bonchev–Trinajstić information content (AvgIpc) is 2.41. The van der Waals surface area contributed by atoms with Gasteiger partial charge in [0, 0.05) is 11.6 Å². The summed E-state index contributed by atoms with van der Waals surface area (Å²) in [7, 11) is 0. The van der Waals surface area contributed by atoms with E-state index in [9.17, 15) is 9.18 Å². The molecule has 0 unspecified atom stereocenters. The van der Waals surface area contributed by atoms with Crippen LogP contribution in [0.25, 0.3) is 6.08 Å². The summed E-state index contributed by atoms with van der Waals surface area (Å²) in [6, 6.07) is 9.72. The van der Waals surface area contributed by atoms with Gasteiger partial charge in [0.15, 0.2) is 0 Å². The number of ether oxygens (including phenoxy) is 1. The lowest BCUT2D eigenvalue weighted by Crippen LogP contribution is -1.92. The second-order valence-electron chi connectivity index (χ2n) is 4.72. The quantitative estimate of drug-likeness (QED) is 0.851. The smallest absolute Gasteiger partial charge is 0.328 e. The number of carboxylic acid groups (broad SMARTS) is 1. The van der Waals surface area contributed by atoms with E-state index in [1.165, 1.54) is 24.3 Å². The molecule has 0 bridgehead atoms. The van der Waals surface area contributed by atoms with Crippen molar-refractivity contribution in [1.82, 2.24) is 0 Å². The minimum atomic E-state index is -1.10. The standard InChI is InChI=1S/C17H15FO3/c1-11-3-6-15(12(2)9-11)21-16-7-5-14(18)10-13(16)4-8-17(19)20/h3-10H,1-2H3,(H,19,20)/b8-4+. The molecule has 2 rings (SSSR count). The molecule has 0 aliphatic carbocycles. The molecule has 108 valence electrons. The molecule has 0 fully saturated rings. The fourth-order valence-corrected chi connectivity index (χ4v) is 1.94. The fourth-order valence-electron chi connectivity index (χ4n) is 1.94. The molecule has 0 radical (unpaired) electrons. The average molecular weight is 286 g/mol. The van der Waals surface area contributed by atoms with E-state index in [-0.39, 0.29) is 0 Å². The summed E-state index contributed by atoms with van der Waals surface area (Å²) >= 11 is 0. The van der Waals surface area contributed by atoms with Crippen LogP contribution in [0.5, 0.6) is 11.5 Å². The van der Waals surface area contributed by atoms with Crippen LogP contribution in [0.3, 0.4) is 0 Å². The Morgan fingerprint density at radius 2 is 1.86 bits per heavy atom. The minimum Gasteiger partial charge on any atom is -0.478 e. The van der Waals surface area contributed by atoms with E-state index in [1.807, 2.05) is 32.0 Å². The van der Waals surface area contributed by atoms with E-state index in [4.69, 9.17) is 9.84 Å². The number of benzene rings is 2. The van der Waals surface area contributed by atoms with Crippen molar-refractivity contribution in [2.24, 2.45) is 0 Å². The van der Waals surface area contributed by atoms with Gasteiger partial charge in [0.05, 0.1) is 0 Å². The number of aryl methyl sites for hydroxylation is 2. The normalized spacial score (nSPS) is 10.8. The van der Waals surface area contributed by atoms with E-state index in [0.29, 0.717) is 17.1 Å². The summed E-state index contributed by atoms with van der Waals surface area (Å²) in [5.41, 5.74) is 2.44. The Morgan fingerprint density at radius 1 is 1.14 bits per heavy atom. The first-order valence-corrected chi connectivity index (χ1v) is 6.41. The van der Waals surface area contributed by atoms with Crippen LogP contribution in [-0.4, -0.2) is 11.1 Å². The third kappa shape index (κ3) is 3.92. The number of halogens is 1. The maximum atomic E-state index is 13.3. The Balaban J connectivity index is 2.37. The Hall–Kier alpha value is -2.62. The summed E-state index contributed by atoms with van der Waals surface area (Å²) in [6.45, 7) is 3.90. The van der Waals surface area contributed by atoms with E-state index in [2.05, 4.69) is 0 Å². The molecule has 1 N–H and O–H groups in total. The predicted octanol–water partition coefficient (Wildman–Crippen LogP) is 4.33. The highest BCUT2D eigenvalue weighted by molar-refractivity contribution is 5.85. The van der Waals surface area contributed by atoms with Crippen LogP contribution in [0.15, 0.2) is 42.5 Å². The van der Waals surface area contributed by atoms with Crippen molar-refractivity contribution >= 4 is 12.0 Å². The Labute approximate surface area is 122 Å². The Morgan fingerprint density at radius 3 is 2.52 bits per heavy atom. The SMILES string of the molecule is Cc1ccc(Oc2ccc(F)cc2/C=C/C(=O)O)c(C)c1. The molecule has 0 aliphatic heterocycles. The molecule has 0 spiro atoms. The topological polar surface area (TPSA) is 46.5 Å². The van der Waals surface area contributed by atoms with Crippen molar-refractivity contribution in [3.63, 3.8) is 0 Å². The van der Waals surface area contributed by atoms with Gasteiger partial charge in [0.1, 0.15) is 17.3 Å². The first-order valence-electron chi connectivity index (χ1n) is 6.41. The maximum absolute atomic E-state index is 13.3. The van der Waals surface area contributed by atoms with Gasteiger partial charge in [-0.1, -0.05) is 17.7 Å². The molecule has 0 amide bonds. The van der Waals surface area contributed by atoms with Crippen molar-refractivity contribution in [2.75, 3.05) is 0 Å². The van der Waals surface area contributed by atoms with E-state index < -0.39 is 11.8 Å². The highest BCUT2D eigenvalue weighted by atomic mass is 19.1. The van der Waals surface area contributed by atoms with Gasteiger partial charge in [-0.25, -0.2) is 9.18 Å². The molecule has 0 heterocycles. The van der Waals surface area contributed by atoms with Crippen LogP contribution in [0, 0.1) is 19.7 Å². The first kappa shape index (κ1) is 14.8. The summed E-state index contributed by atoms with van der Waals surface area (Å²) in [4.78, 5) is 10.6. The van der Waals surface area contributed by atoms with Crippen molar-refractivity contribution < 1.29 is 19.0 Å². The van der Waals surface area contributed by atoms with Gasteiger partial charge in [-0.3, -0.25) is 0 Å². The van der Waals surface area contributed by atoms with Gasteiger partial charge in [0.2, 0.25) is 0 Å². The van der Waals surface area contributed by atoms with Crippen molar-refractivity contribution in [3.05, 3.63) is 65.0 Å². The van der Waals surface area contributed by atoms with E-state index in [1.54, 1.807) is 0 Å². The molecule has 0 saturated heterocycles. The zero-order valence-electron chi connectivity index (χ0n) is 11.8. The van der Waals surface area contributed by atoms with Gasteiger partial charge in [0.25, 0.3) is 0 Å². The number of hydrogen-bond acceptors (Lipinski definition) is 2. The zero-order valence-corrected chi connectivity index (χ0v) is 11.8. The second kappa shape index (κ2) is 6.22. The molecule has 0 aromatic heterocycles. The summed E-state index contributed by atoms with van der Waals surface area (Å²) in [5.74, 6) is -0.497. The molecule has 0 aliphatic rings. The number of carbonyl (C=O) groups is 1. The lowest BCUT2D eigenvalue weighted by atomic mass is 10.1. The number of carboxylic acids is 1. The van der Waals surface area contributed by atoms with Gasteiger partial charge in [-0.05, 0) is 49.8 Å². The third-order valence-corrected chi connectivity index (χ3v) is 2.93. The van der Waals surface area contributed by atoms with Crippen LogP contribution in [0.2, 0.25) is 0 Å². The predicted molar refractivity (Wildman–Crippen MR) is 79.1 cm³/mol. The monoisotopic (exact) mass is 286 g/mol. The molecular weight excluding hydrogens is 271 g/mol. The minimum absolute atomic E-state index is 0.373. The summed E-state index contributed by atoms with van der Waals surface area (Å²) < 4.78 is 19.1. The molecule has 3 nitrogen and oxygen atoms in total. The van der Waals surface area contributed by atoms with Gasteiger partial charge in [-0.2, -0.15) is 0 Å².